The van der Waals surface area contributed by atoms with Crippen LogP contribution >= 0.6 is 0 Å². The van der Waals surface area contributed by atoms with E-state index in [0.717, 1.165) is 30.9 Å². The number of carboxylic acids is 1. The zero-order valence-electron chi connectivity index (χ0n) is 16.8. The molecule has 1 fully saturated rings. The molecule has 1 atom stereocenters. The van der Waals surface area contributed by atoms with Crippen LogP contribution in [-0.4, -0.2) is 67.1 Å². The van der Waals surface area contributed by atoms with Gasteiger partial charge in [0.1, 0.15) is 11.8 Å². The third kappa shape index (κ3) is 4.93. The Bertz CT molecular complexity index is 863. The summed E-state index contributed by atoms with van der Waals surface area (Å²) in [5.41, 5.74) is 2.21. The Morgan fingerprint density at radius 3 is 2.48 bits per heavy atom. The molecule has 1 amide bonds. The van der Waals surface area contributed by atoms with Crippen LogP contribution in [0.1, 0.15) is 27.5 Å². The highest BCUT2D eigenvalue weighted by Gasteiger charge is 2.30. The van der Waals surface area contributed by atoms with Crippen LogP contribution in [0.4, 0.5) is 0 Å². The predicted octanol–water partition coefficient (Wildman–Crippen LogP) is 2.00. The lowest BCUT2D eigenvalue weighted by Gasteiger charge is -2.38. The zero-order valence-corrected chi connectivity index (χ0v) is 16.8. The molecule has 1 saturated heterocycles. The second-order valence-electron chi connectivity index (χ2n) is 7.07. The molecule has 3 rings (SSSR count). The molecule has 1 unspecified atom stereocenters. The average molecular weight is 397 g/mol. The normalized spacial score (nSPS) is 16.2. The molecule has 0 spiro atoms. The number of carbonyl (C=O) groups is 2. The first-order valence-electron chi connectivity index (χ1n) is 9.66. The number of rotatable bonds is 7. The topological polar surface area (TPSA) is 82.1 Å². The lowest BCUT2D eigenvalue weighted by molar-refractivity contribution is -0.144. The highest BCUT2D eigenvalue weighted by molar-refractivity contribution is 5.94. The Morgan fingerprint density at radius 2 is 1.83 bits per heavy atom. The Balaban J connectivity index is 1.69. The third-order valence-corrected chi connectivity index (χ3v) is 5.28. The van der Waals surface area contributed by atoms with Gasteiger partial charge in [-0.2, -0.15) is 0 Å². The van der Waals surface area contributed by atoms with Gasteiger partial charge in [-0.05, 0) is 23.8 Å². The van der Waals surface area contributed by atoms with Crippen molar-refractivity contribution in [3.05, 3.63) is 65.2 Å². The van der Waals surface area contributed by atoms with Crippen LogP contribution in [0, 0.1) is 0 Å². The van der Waals surface area contributed by atoms with Gasteiger partial charge in [-0.25, -0.2) is 0 Å². The van der Waals surface area contributed by atoms with Crippen molar-refractivity contribution in [3.63, 3.8) is 0 Å². The number of nitrogens with one attached hydrogen (secondary N) is 1. The van der Waals surface area contributed by atoms with Gasteiger partial charge in [0.15, 0.2) is 0 Å². The first-order valence-corrected chi connectivity index (χ1v) is 9.66. The van der Waals surface area contributed by atoms with Gasteiger partial charge < -0.3 is 15.2 Å². The Labute approximate surface area is 170 Å². The molecule has 0 aromatic heterocycles. The molecule has 2 N–H and O–H groups in total. The van der Waals surface area contributed by atoms with E-state index in [1.165, 1.54) is 0 Å². The van der Waals surface area contributed by atoms with Crippen molar-refractivity contribution < 1.29 is 19.4 Å². The van der Waals surface area contributed by atoms with E-state index >= 15 is 0 Å². The molecule has 29 heavy (non-hydrogen) atoms. The van der Waals surface area contributed by atoms with Crippen molar-refractivity contribution in [3.8, 4) is 5.75 Å². The number of benzene rings is 2. The third-order valence-electron chi connectivity index (χ3n) is 5.28. The fraction of sp³-hybridized carbons (Fsp3) is 0.364. The summed E-state index contributed by atoms with van der Waals surface area (Å²) in [6.45, 7) is 3.56. The minimum atomic E-state index is -0.905. The molecule has 0 saturated carbocycles. The number of ether oxygens (including phenoxy) is 1. The van der Waals surface area contributed by atoms with Crippen LogP contribution in [-0.2, 0) is 11.3 Å². The maximum Gasteiger partial charge on any atom is 0.325 e. The van der Waals surface area contributed by atoms with Crippen molar-refractivity contribution >= 4 is 11.9 Å². The van der Waals surface area contributed by atoms with Crippen LogP contribution in [0.5, 0.6) is 5.75 Å². The predicted molar refractivity (Wildman–Crippen MR) is 110 cm³/mol. The fourth-order valence-electron chi connectivity index (χ4n) is 3.76. The Kier molecular flexibility index (Phi) is 6.85. The summed E-state index contributed by atoms with van der Waals surface area (Å²) in [5, 5.41) is 12.4. The number of hydrogen-bond donors (Lipinski definition) is 2. The largest absolute Gasteiger partial charge is 0.496 e. The zero-order chi connectivity index (χ0) is 20.8. The molecular weight excluding hydrogens is 370 g/mol. The molecule has 7 nitrogen and oxygen atoms in total. The van der Waals surface area contributed by atoms with E-state index in [9.17, 15) is 14.7 Å². The second-order valence-corrected chi connectivity index (χ2v) is 7.07. The fourth-order valence-corrected chi connectivity index (χ4v) is 3.76. The maximum absolute atomic E-state index is 12.0. The van der Waals surface area contributed by atoms with Gasteiger partial charge in [0, 0.05) is 50.9 Å². The highest BCUT2D eigenvalue weighted by Crippen LogP contribution is 2.25. The van der Waals surface area contributed by atoms with E-state index in [2.05, 4.69) is 16.3 Å². The summed E-state index contributed by atoms with van der Waals surface area (Å²) in [4.78, 5) is 28.2. The molecule has 1 aliphatic rings. The number of methoxy groups -OCH3 is 1. The summed E-state index contributed by atoms with van der Waals surface area (Å²) in [6, 6.07) is 14.0. The first-order chi connectivity index (χ1) is 14.0. The quantitative estimate of drug-likeness (QED) is 0.744. The van der Waals surface area contributed by atoms with Gasteiger partial charge in [0.25, 0.3) is 5.91 Å². The molecule has 0 bridgehead atoms. The standard InChI is InChI=1S/C22H27N3O4/c1-23-21(26)17-8-5-7-16(14-17)20(22(27)28)25-12-10-24(11-13-25)15-18-6-3-4-9-19(18)29-2/h3-9,14,20H,10-13,15H2,1-2H3,(H,23,26)(H,27,28). The van der Waals surface area contributed by atoms with Gasteiger partial charge in [0.2, 0.25) is 0 Å². The highest BCUT2D eigenvalue weighted by atomic mass is 16.5. The number of hydrogen-bond acceptors (Lipinski definition) is 5. The number of carboxylic acid groups (broad SMARTS) is 1. The molecule has 1 aliphatic heterocycles. The minimum absolute atomic E-state index is 0.224. The number of amides is 1. The van der Waals surface area contributed by atoms with Gasteiger partial charge in [-0.15, -0.1) is 0 Å². The molecular formula is C22H27N3O4. The lowest BCUT2D eigenvalue weighted by Crippen LogP contribution is -2.48. The van der Waals surface area contributed by atoms with E-state index in [1.807, 2.05) is 23.1 Å². The maximum atomic E-state index is 12.0. The SMILES string of the molecule is CNC(=O)c1cccc(C(C(=O)O)N2CCN(Cc3ccccc3OC)CC2)c1. The minimum Gasteiger partial charge on any atom is -0.496 e. The number of aliphatic carboxylic acids is 1. The van der Waals surface area contributed by atoms with Crippen molar-refractivity contribution in [2.24, 2.45) is 0 Å². The number of nitrogens with zero attached hydrogens (tertiary/aromatic N) is 2. The number of para-hydroxylation sites is 1. The summed E-state index contributed by atoms with van der Waals surface area (Å²) < 4.78 is 5.43. The first kappa shape index (κ1) is 20.8. The van der Waals surface area contributed by atoms with Gasteiger partial charge >= 0.3 is 5.97 Å². The summed E-state index contributed by atoms with van der Waals surface area (Å²) in [5.74, 6) is -0.265. The van der Waals surface area contributed by atoms with Crippen molar-refractivity contribution in [2.75, 3.05) is 40.3 Å². The van der Waals surface area contributed by atoms with Gasteiger partial charge in [-0.3, -0.25) is 19.4 Å². The van der Waals surface area contributed by atoms with E-state index in [1.54, 1.807) is 38.4 Å². The number of piperazine rings is 1. The average Bonchev–Trinajstić information content (AvgIpc) is 2.75. The van der Waals surface area contributed by atoms with E-state index in [4.69, 9.17) is 4.74 Å². The van der Waals surface area contributed by atoms with E-state index in [-0.39, 0.29) is 5.91 Å². The summed E-state index contributed by atoms with van der Waals surface area (Å²) >= 11 is 0. The van der Waals surface area contributed by atoms with Gasteiger partial charge in [0.05, 0.1) is 7.11 Å². The Hall–Kier alpha value is -2.90. The summed E-state index contributed by atoms with van der Waals surface area (Å²) in [6.07, 6.45) is 0. The van der Waals surface area contributed by atoms with Crippen LogP contribution < -0.4 is 10.1 Å². The Morgan fingerprint density at radius 1 is 1.10 bits per heavy atom. The lowest BCUT2D eigenvalue weighted by atomic mass is 10.0. The second kappa shape index (κ2) is 9.54. The van der Waals surface area contributed by atoms with Crippen molar-refractivity contribution in [2.45, 2.75) is 12.6 Å². The van der Waals surface area contributed by atoms with Crippen LogP contribution in [0.25, 0.3) is 0 Å². The molecule has 7 heteroatoms. The molecule has 0 radical (unpaired) electrons. The van der Waals surface area contributed by atoms with E-state index < -0.39 is 12.0 Å². The molecule has 1 heterocycles. The van der Waals surface area contributed by atoms with Crippen LogP contribution in [0.3, 0.4) is 0 Å². The van der Waals surface area contributed by atoms with Crippen LogP contribution in [0.15, 0.2) is 48.5 Å². The number of carbonyl (C=O) groups excluding carboxylic acids is 1. The molecule has 2 aromatic carbocycles. The van der Waals surface area contributed by atoms with Crippen LogP contribution in [0.2, 0.25) is 0 Å². The van der Waals surface area contributed by atoms with Crippen molar-refractivity contribution in [1.29, 1.82) is 0 Å². The van der Waals surface area contributed by atoms with Gasteiger partial charge in [-0.1, -0.05) is 30.3 Å². The monoisotopic (exact) mass is 397 g/mol. The molecule has 0 aliphatic carbocycles. The molecule has 2 aromatic rings. The van der Waals surface area contributed by atoms with E-state index in [0.29, 0.717) is 24.2 Å². The molecule has 154 valence electrons. The van der Waals surface area contributed by atoms with Crippen molar-refractivity contribution in [1.82, 2.24) is 15.1 Å². The summed E-state index contributed by atoms with van der Waals surface area (Å²) in [7, 11) is 3.23. The smallest absolute Gasteiger partial charge is 0.325 e.